The van der Waals surface area contributed by atoms with Crippen LogP contribution in [0.5, 0.6) is 0 Å². The van der Waals surface area contributed by atoms with Gasteiger partial charge >= 0.3 is 0 Å². The molecule has 0 bridgehead atoms. The number of halogens is 1. The van der Waals surface area contributed by atoms with Gasteiger partial charge in [-0.3, -0.25) is 9.69 Å². The van der Waals surface area contributed by atoms with Crippen LogP contribution in [0.3, 0.4) is 0 Å². The molecule has 3 atom stereocenters. The van der Waals surface area contributed by atoms with Gasteiger partial charge in [0.15, 0.2) is 0 Å². The molecule has 1 saturated heterocycles. The van der Waals surface area contributed by atoms with E-state index in [-0.39, 0.29) is 30.3 Å². The van der Waals surface area contributed by atoms with E-state index in [1.54, 1.807) is 0 Å². The highest BCUT2D eigenvalue weighted by Gasteiger charge is 2.31. The lowest BCUT2D eigenvalue weighted by molar-refractivity contribution is -0.136. The zero-order chi connectivity index (χ0) is 15.4. The maximum atomic E-state index is 12.4. The minimum Gasteiger partial charge on any atom is -0.341 e. The summed E-state index contributed by atoms with van der Waals surface area (Å²) in [6, 6.07) is 10.7. The molecule has 2 N–H and O–H groups in total. The van der Waals surface area contributed by atoms with E-state index in [4.69, 9.17) is 5.73 Å². The van der Waals surface area contributed by atoms with Crippen molar-refractivity contribution in [1.29, 1.82) is 0 Å². The molecule has 0 aliphatic carbocycles. The lowest BCUT2D eigenvalue weighted by Crippen LogP contribution is -2.45. The molecule has 1 aliphatic rings. The Morgan fingerprint density at radius 1 is 1.36 bits per heavy atom. The molecular formula is C17H28ClN3O. The lowest BCUT2D eigenvalue weighted by atomic mass is 10.0. The average Bonchev–Trinajstić information content (AvgIpc) is 2.94. The van der Waals surface area contributed by atoms with E-state index in [1.165, 1.54) is 5.56 Å². The average molecular weight is 326 g/mol. The molecule has 2 rings (SSSR count). The summed E-state index contributed by atoms with van der Waals surface area (Å²) in [6.45, 7) is 6.77. The van der Waals surface area contributed by atoms with Crippen molar-refractivity contribution in [3.05, 3.63) is 35.9 Å². The zero-order valence-electron chi connectivity index (χ0n) is 13.7. The van der Waals surface area contributed by atoms with Gasteiger partial charge in [0.1, 0.15) is 0 Å². The first-order valence-electron chi connectivity index (χ1n) is 7.77. The zero-order valence-corrected chi connectivity index (χ0v) is 14.6. The molecule has 1 aliphatic heterocycles. The maximum Gasteiger partial charge on any atom is 0.226 e. The molecule has 5 heteroatoms. The minimum atomic E-state index is -0.113. The number of hydrogen-bond acceptors (Lipinski definition) is 3. The molecule has 22 heavy (non-hydrogen) atoms. The van der Waals surface area contributed by atoms with Crippen molar-refractivity contribution in [3.63, 3.8) is 0 Å². The minimum absolute atomic E-state index is 0. The van der Waals surface area contributed by atoms with E-state index >= 15 is 0 Å². The number of carbonyl (C=O) groups excluding carboxylic acids is 1. The van der Waals surface area contributed by atoms with Crippen molar-refractivity contribution < 1.29 is 4.79 Å². The van der Waals surface area contributed by atoms with Crippen molar-refractivity contribution in [1.82, 2.24) is 9.80 Å². The number of likely N-dealkylation sites (tertiary alicyclic amines) is 1. The summed E-state index contributed by atoms with van der Waals surface area (Å²) in [5.74, 6) is 0.0507. The molecule has 0 radical (unpaired) electrons. The molecule has 0 spiro atoms. The monoisotopic (exact) mass is 325 g/mol. The standard InChI is InChI=1S/C17H27N3O.ClH/c1-13(14(2)18)17(21)19(3)16-9-10-20(12-16)11-15-7-5-4-6-8-15;/h4-8,13-14,16H,9-12,18H2,1-3H3;1H. The Kier molecular flexibility index (Phi) is 7.33. The Bertz CT molecular complexity index is 466. The number of benzene rings is 1. The summed E-state index contributed by atoms with van der Waals surface area (Å²) in [6.07, 6.45) is 1.04. The second kappa shape index (κ2) is 8.51. The Balaban J connectivity index is 0.00000242. The van der Waals surface area contributed by atoms with E-state index in [0.717, 1.165) is 26.1 Å². The van der Waals surface area contributed by atoms with Crippen molar-refractivity contribution in [3.8, 4) is 0 Å². The smallest absolute Gasteiger partial charge is 0.226 e. The number of amides is 1. The summed E-state index contributed by atoms with van der Waals surface area (Å²) in [7, 11) is 1.91. The summed E-state index contributed by atoms with van der Waals surface area (Å²) in [4.78, 5) is 16.7. The van der Waals surface area contributed by atoms with Crippen LogP contribution in [0, 0.1) is 5.92 Å². The number of nitrogens with two attached hydrogens (primary N) is 1. The normalized spacial score (nSPS) is 21.0. The Hall–Kier alpha value is -1.10. The molecule has 1 aromatic carbocycles. The van der Waals surface area contributed by atoms with Crippen LogP contribution in [0.2, 0.25) is 0 Å². The van der Waals surface area contributed by atoms with Gasteiger partial charge in [-0.25, -0.2) is 0 Å². The predicted molar refractivity (Wildman–Crippen MR) is 93.0 cm³/mol. The summed E-state index contributed by atoms with van der Waals surface area (Å²) >= 11 is 0. The van der Waals surface area contributed by atoms with Gasteiger partial charge < -0.3 is 10.6 Å². The van der Waals surface area contributed by atoms with Crippen LogP contribution < -0.4 is 5.73 Å². The highest BCUT2D eigenvalue weighted by molar-refractivity contribution is 5.85. The number of likely N-dealkylation sites (N-methyl/N-ethyl adjacent to an activating group) is 1. The summed E-state index contributed by atoms with van der Waals surface area (Å²) in [5.41, 5.74) is 7.17. The Morgan fingerprint density at radius 3 is 2.59 bits per heavy atom. The first-order valence-corrected chi connectivity index (χ1v) is 7.77. The van der Waals surface area contributed by atoms with E-state index in [1.807, 2.05) is 31.9 Å². The largest absolute Gasteiger partial charge is 0.341 e. The summed E-state index contributed by atoms with van der Waals surface area (Å²) < 4.78 is 0. The van der Waals surface area contributed by atoms with Gasteiger partial charge in [0.2, 0.25) is 5.91 Å². The highest BCUT2D eigenvalue weighted by atomic mass is 35.5. The first kappa shape index (κ1) is 18.9. The second-order valence-electron chi connectivity index (χ2n) is 6.26. The number of hydrogen-bond donors (Lipinski definition) is 1. The molecular weight excluding hydrogens is 298 g/mol. The fourth-order valence-corrected chi connectivity index (χ4v) is 2.84. The molecule has 1 fully saturated rings. The van der Waals surface area contributed by atoms with E-state index in [9.17, 15) is 4.79 Å². The lowest BCUT2D eigenvalue weighted by Gasteiger charge is -2.29. The van der Waals surface area contributed by atoms with Crippen molar-refractivity contribution >= 4 is 18.3 Å². The first-order chi connectivity index (χ1) is 9.99. The second-order valence-corrected chi connectivity index (χ2v) is 6.26. The molecule has 4 nitrogen and oxygen atoms in total. The van der Waals surface area contributed by atoms with Gasteiger partial charge in [0.25, 0.3) is 0 Å². The number of rotatable bonds is 5. The van der Waals surface area contributed by atoms with Crippen molar-refractivity contribution in [2.75, 3.05) is 20.1 Å². The van der Waals surface area contributed by atoms with Crippen LogP contribution >= 0.6 is 12.4 Å². The van der Waals surface area contributed by atoms with Crippen LogP contribution in [0.15, 0.2) is 30.3 Å². The maximum absolute atomic E-state index is 12.4. The number of nitrogens with zero attached hydrogens (tertiary/aromatic N) is 2. The summed E-state index contributed by atoms with van der Waals surface area (Å²) in [5, 5.41) is 0. The van der Waals surface area contributed by atoms with Gasteiger partial charge in [-0.1, -0.05) is 37.3 Å². The molecule has 1 aromatic rings. The van der Waals surface area contributed by atoms with Crippen LogP contribution in [-0.4, -0.2) is 47.9 Å². The molecule has 0 aromatic heterocycles. The quantitative estimate of drug-likeness (QED) is 0.902. The number of carbonyl (C=O) groups is 1. The van der Waals surface area contributed by atoms with Gasteiger partial charge in [0, 0.05) is 38.8 Å². The molecule has 124 valence electrons. The Morgan fingerprint density at radius 2 is 2.00 bits per heavy atom. The molecule has 1 amide bonds. The van der Waals surface area contributed by atoms with Gasteiger partial charge in [-0.05, 0) is 18.9 Å². The predicted octanol–water partition coefficient (Wildman–Crippen LogP) is 2.12. The topological polar surface area (TPSA) is 49.6 Å². The van der Waals surface area contributed by atoms with Gasteiger partial charge in [0.05, 0.1) is 5.92 Å². The third-order valence-corrected chi connectivity index (χ3v) is 4.57. The van der Waals surface area contributed by atoms with Crippen LogP contribution in [0.1, 0.15) is 25.8 Å². The van der Waals surface area contributed by atoms with E-state index < -0.39 is 0 Å². The van der Waals surface area contributed by atoms with Crippen molar-refractivity contribution in [2.45, 2.75) is 38.9 Å². The highest BCUT2D eigenvalue weighted by Crippen LogP contribution is 2.19. The van der Waals surface area contributed by atoms with E-state index in [2.05, 4.69) is 29.2 Å². The van der Waals surface area contributed by atoms with E-state index in [0.29, 0.717) is 6.04 Å². The SMILES string of the molecule is CC(N)C(C)C(=O)N(C)C1CCN(Cc2ccccc2)C1.Cl. The molecule has 0 saturated carbocycles. The Labute approximate surface area is 140 Å². The third kappa shape index (κ3) is 4.70. The van der Waals surface area contributed by atoms with Gasteiger partial charge in [-0.2, -0.15) is 0 Å². The van der Waals surface area contributed by atoms with Crippen molar-refractivity contribution in [2.24, 2.45) is 11.7 Å². The molecule has 3 unspecified atom stereocenters. The molecule has 1 heterocycles. The van der Waals surface area contributed by atoms with Crippen LogP contribution in [0.25, 0.3) is 0 Å². The third-order valence-electron chi connectivity index (χ3n) is 4.57. The fraction of sp³-hybridized carbons (Fsp3) is 0.588. The van der Waals surface area contributed by atoms with Crippen LogP contribution in [-0.2, 0) is 11.3 Å². The van der Waals surface area contributed by atoms with Gasteiger partial charge in [-0.15, -0.1) is 12.4 Å². The van der Waals surface area contributed by atoms with Crippen LogP contribution in [0.4, 0.5) is 0 Å². The fourth-order valence-electron chi connectivity index (χ4n) is 2.84.